The Morgan fingerprint density at radius 1 is 1.14 bits per heavy atom. The van der Waals surface area contributed by atoms with Gasteiger partial charge in [0, 0.05) is 25.2 Å². The summed E-state index contributed by atoms with van der Waals surface area (Å²) in [5, 5.41) is 3.91. The lowest BCUT2D eigenvalue weighted by molar-refractivity contribution is 0.0911. The predicted molar refractivity (Wildman–Crippen MR) is 96.3 cm³/mol. The summed E-state index contributed by atoms with van der Waals surface area (Å²) in [6.07, 6.45) is 11.4. The first-order valence-electron chi connectivity index (χ1n) is 9.40. The molecule has 0 aromatic heterocycles. The number of thioether (sulfide) groups is 1. The summed E-state index contributed by atoms with van der Waals surface area (Å²) in [5.74, 6) is 3.56. The number of nitrogens with one attached hydrogen (secondary N) is 1. The molecule has 1 N–H and O–H groups in total. The molecule has 21 heavy (non-hydrogen) atoms. The van der Waals surface area contributed by atoms with Crippen molar-refractivity contribution >= 4 is 11.8 Å². The Kier molecular flexibility index (Phi) is 8.49. The van der Waals surface area contributed by atoms with Crippen LogP contribution in [0, 0.1) is 5.92 Å². The van der Waals surface area contributed by atoms with Crippen molar-refractivity contribution in [3.63, 3.8) is 0 Å². The highest BCUT2D eigenvalue weighted by Crippen LogP contribution is 2.29. The lowest BCUT2D eigenvalue weighted by Crippen LogP contribution is -2.59. The van der Waals surface area contributed by atoms with Gasteiger partial charge in [0.2, 0.25) is 0 Å². The average molecular weight is 313 g/mol. The third-order valence-corrected chi connectivity index (χ3v) is 6.33. The average Bonchev–Trinajstić information content (AvgIpc) is 2.54. The highest BCUT2D eigenvalue weighted by Gasteiger charge is 2.31. The predicted octanol–water partition coefficient (Wildman–Crippen LogP) is 4.15. The van der Waals surface area contributed by atoms with Crippen LogP contribution in [-0.4, -0.2) is 48.1 Å². The van der Waals surface area contributed by atoms with Crippen LogP contribution < -0.4 is 5.32 Å². The van der Waals surface area contributed by atoms with Gasteiger partial charge >= 0.3 is 0 Å². The first-order chi connectivity index (χ1) is 10.3. The van der Waals surface area contributed by atoms with Crippen LogP contribution in [0.3, 0.4) is 0 Å². The molecule has 1 aliphatic carbocycles. The largest absolute Gasteiger partial charge is 0.311 e. The smallest absolute Gasteiger partial charge is 0.0224 e. The van der Waals surface area contributed by atoms with Gasteiger partial charge in [-0.2, -0.15) is 11.8 Å². The van der Waals surface area contributed by atoms with Gasteiger partial charge in [0.1, 0.15) is 0 Å². The molecule has 0 bridgehead atoms. The third-order valence-electron chi connectivity index (χ3n) is 5.34. The maximum atomic E-state index is 3.91. The second-order valence-corrected chi connectivity index (χ2v) is 8.29. The molecule has 2 aliphatic rings. The maximum Gasteiger partial charge on any atom is 0.0224 e. The van der Waals surface area contributed by atoms with Crippen molar-refractivity contribution in [3.05, 3.63) is 0 Å². The Labute approximate surface area is 136 Å². The molecule has 2 fully saturated rings. The van der Waals surface area contributed by atoms with E-state index in [1.54, 1.807) is 0 Å². The summed E-state index contributed by atoms with van der Waals surface area (Å²) >= 11 is 2.10. The van der Waals surface area contributed by atoms with E-state index in [4.69, 9.17) is 0 Å². The van der Waals surface area contributed by atoms with Crippen LogP contribution in [0.15, 0.2) is 0 Å². The fraction of sp³-hybridized carbons (Fsp3) is 1.00. The van der Waals surface area contributed by atoms with E-state index in [1.807, 2.05) is 0 Å². The van der Waals surface area contributed by atoms with Crippen LogP contribution in [0.2, 0.25) is 0 Å². The third kappa shape index (κ3) is 5.76. The molecule has 0 aromatic carbocycles. The lowest BCUT2D eigenvalue weighted by atomic mass is 9.82. The van der Waals surface area contributed by atoms with Crippen molar-refractivity contribution < 1.29 is 0 Å². The van der Waals surface area contributed by atoms with E-state index in [1.165, 1.54) is 82.5 Å². The quantitative estimate of drug-likeness (QED) is 0.678. The minimum atomic E-state index is 0.775. The molecule has 1 saturated carbocycles. The van der Waals surface area contributed by atoms with E-state index >= 15 is 0 Å². The van der Waals surface area contributed by atoms with E-state index in [0.29, 0.717) is 0 Å². The molecule has 0 spiro atoms. The van der Waals surface area contributed by atoms with Crippen LogP contribution >= 0.6 is 11.8 Å². The number of nitrogens with zero attached hydrogens (tertiary/aromatic N) is 1. The summed E-state index contributed by atoms with van der Waals surface area (Å²) in [6.45, 7) is 8.47. The van der Waals surface area contributed by atoms with Gasteiger partial charge in [0.15, 0.2) is 0 Å². The molecule has 2 nitrogen and oxygen atoms in total. The fourth-order valence-corrected chi connectivity index (χ4v) is 4.76. The number of rotatable bonds is 8. The normalized spacial score (nSPS) is 28.9. The molecule has 2 unspecified atom stereocenters. The van der Waals surface area contributed by atoms with Crippen molar-refractivity contribution in [2.75, 3.05) is 31.1 Å². The molecule has 2 atom stereocenters. The first kappa shape index (κ1) is 17.6. The molecule has 1 heterocycles. The highest BCUT2D eigenvalue weighted by atomic mass is 32.2. The molecule has 0 aromatic rings. The van der Waals surface area contributed by atoms with Crippen LogP contribution in [-0.2, 0) is 0 Å². The van der Waals surface area contributed by atoms with E-state index in [9.17, 15) is 0 Å². The van der Waals surface area contributed by atoms with Gasteiger partial charge < -0.3 is 5.32 Å². The molecule has 1 aliphatic heterocycles. The maximum absolute atomic E-state index is 3.91. The van der Waals surface area contributed by atoms with Gasteiger partial charge in [-0.25, -0.2) is 0 Å². The van der Waals surface area contributed by atoms with Crippen molar-refractivity contribution in [3.8, 4) is 0 Å². The van der Waals surface area contributed by atoms with E-state index in [2.05, 4.69) is 35.8 Å². The van der Waals surface area contributed by atoms with Gasteiger partial charge in [0.25, 0.3) is 0 Å². The summed E-state index contributed by atoms with van der Waals surface area (Å²) in [4.78, 5) is 2.83. The number of hydrogen-bond acceptors (Lipinski definition) is 3. The van der Waals surface area contributed by atoms with E-state index < -0.39 is 0 Å². The molecular formula is C18H36N2S. The van der Waals surface area contributed by atoms with Crippen LogP contribution in [0.5, 0.6) is 0 Å². The first-order valence-corrected chi connectivity index (χ1v) is 10.6. The van der Waals surface area contributed by atoms with Crippen LogP contribution in [0.25, 0.3) is 0 Å². The molecule has 2 rings (SSSR count). The summed E-state index contributed by atoms with van der Waals surface area (Å²) < 4.78 is 0. The van der Waals surface area contributed by atoms with Crippen LogP contribution in [0.1, 0.15) is 65.2 Å². The Bertz CT molecular complexity index is 266. The number of hydrogen-bond donors (Lipinski definition) is 1. The zero-order valence-electron chi connectivity index (χ0n) is 14.3. The molecular weight excluding hydrogens is 276 g/mol. The Hall–Kier alpha value is 0.270. The minimum absolute atomic E-state index is 0.775. The minimum Gasteiger partial charge on any atom is -0.311 e. The van der Waals surface area contributed by atoms with E-state index in [0.717, 1.165) is 18.0 Å². The van der Waals surface area contributed by atoms with Gasteiger partial charge in [-0.05, 0) is 49.7 Å². The molecule has 3 heteroatoms. The van der Waals surface area contributed by atoms with Gasteiger partial charge in [0.05, 0.1) is 0 Å². The lowest BCUT2D eigenvalue weighted by Gasteiger charge is -2.44. The van der Waals surface area contributed by atoms with E-state index in [-0.39, 0.29) is 0 Å². The Morgan fingerprint density at radius 2 is 1.95 bits per heavy atom. The molecule has 0 radical (unpaired) electrons. The monoisotopic (exact) mass is 312 g/mol. The fourth-order valence-electron chi connectivity index (χ4n) is 4.14. The topological polar surface area (TPSA) is 15.3 Å². The summed E-state index contributed by atoms with van der Waals surface area (Å²) in [6, 6.07) is 1.57. The van der Waals surface area contributed by atoms with Gasteiger partial charge in [-0.1, -0.05) is 39.5 Å². The number of piperazine rings is 1. The Balaban J connectivity index is 1.81. The zero-order chi connectivity index (χ0) is 14.9. The van der Waals surface area contributed by atoms with Gasteiger partial charge in [-0.3, -0.25) is 4.90 Å². The second-order valence-electron chi connectivity index (χ2n) is 6.90. The zero-order valence-corrected chi connectivity index (χ0v) is 15.1. The molecule has 1 saturated heterocycles. The van der Waals surface area contributed by atoms with Crippen LogP contribution in [0.4, 0.5) is 0 Å². The van der Waals surface area contributed by atoms with Crippen molar-refractivity contribution in [2.24, 2.45) is 5.92 Å². The van der Waals surface area contributed by atoms with Crippen molar-refractivity contribution in [1.82, 2.24) is 10.2 Å². The standard InChI is InChI=1S/C18H36N2S/c1-3-9-17-14-19-18(16-10-6-5-7-11-16)15-20(17)12-8-13-21-4-2/h16-19H,3-15H2,1-2H3. The SMILES string of the molecule is CCCC1CNC(C2CCCCC2)CN1CCCSCC. The van der Waals surface area contributed by atoms with Crippen molar-refractivity contribution in [2.45, 2.75) is 77.3 Å². The second kappa shape index (κ2) is 10.1. The molecule has 124 valence electrons. The molecule has 0 amide bonds. The summed E-state index contributed by atoms with van der Waals surface area (Å²) in [5.41, 5.74) is 0. The van der Waals surface area contributed by atoms with Gasteiger partial charge in [-0.15, -0.1) is 0 Å². The summed E-state index contributed by atoms with van der Waals surface area (Å²) in [7, 11) is 0. The highest BCUT2D eigenvalue weighted by molar-refractivity contribution is 7.99. The van der Waals surface area contributed by atoms with Crippen molar-refractivity contribution in [1.29, 1.82) is 0 Å². The Morgan fingerprint density at radius 3 is 2.67 bits per heavy atom.